The Morgan fingerprint density at radius 3 is 2.73 bits per heavy atom. The lowest BCUT2D eigenvalue weighted by atomic mass is 9.67. The van der Waals surface area contributed by atoms with Gasteiger partial charge in [-0.05, 0) is 25.3 Å². The first-order chi connectivity index (χ1) is 7.19. The number of nitrogens with zero attached hydrogens (tertiary/aromatic N) is 3. The molecule has 2 rings (SSSR count). The molecular weight excluding hydrogens is 186 g/mol. The zero-order chi connectivity index (χ0) is 10.9. The van der Waals surface area contributed by atoms with E-state index in [0.717, 1.165) is 31.4 Å². The maximum absolute atomic E-state index is 9.17. The van der Waals surface area contributed by atoms with Gasteiger partial charge in [0.1, 0.15) is 0 Å². The Morgan fingerprint density at radius 1 is 1.60 bits per heavy atom. The van der Waals surface area contributed by atoms with Gasteiger partial charge in [0.15, 0.2) is 0 Å². The van der Waals surface area contributed by atoms with E-state index in [0.29, 0.717) is 0 Å². The monoisotopic (exact) mass is 203 g/mol. The Hall–Kier alpha value is -1.30. The van der Waals surface area contributed by atoms with Crippen molar-refractivity contribution in [2.75, 3.05) is 0 Å². The number of hydrogen-bond donors (Lipinski definition) is 0. The molecule has 1 aromatic heterocycles. The number of aryl methyl sites for hydroxylation is 2. The predicted molar refractivity (Wildman–Crippen MR) is 58.2 cm³/mol. The average molecular weight is 203 g/mol. The Balaban J connectivity index is 2.17. The topological polar surface area (TPSA) is 41.6 Å². The summed E-state index contributed by atoms with van der Waals surface area (Å²) in [5.41, 5.74) is 2.24. The molecule has 1 heterocycles. The highest BCUT2D eigenvalue weighted by Crippen LogP contribution is 2.42. The van der Waals surface area contributed by atoms with Crippen LogP contribution in [-0.2, 0) is 19.9 Å². The van der Waals surface area contributed by atoms with Crippen molar-refractivity contribution >= 4 is 0 Å². The summed E-state index contributed by atoms with van der Waals surface area (Å²) in [6, 6.07) is 4.61. The maximum Gasteiger partial charge on any atom is 0.0693 e. The van der Waals surface area contributed by atoms with Crippen LogP contribution in [0.2, 0.25) is 0 Å². The van der Waals surface area contributed by atoms with E-state index in [1.54, 1.807) is 0 Å². The van der Waals surface area contributed by atoms with Gasteiger partial charge in [-0.15, -0.1) is 0 Å². The van der Waals surface area contributed by atoms with Crippen molar-refractivity contribution in [1.82, 2.24) is 9.78 Å². The van der Waals surface area contributed by atoms with Crippen molar-refractivity contribution in [3.63, 3.8) is 0 Å². The van der Waals surface area contributed by atoms with E-state index in [-0.39, 0.29) is 5.41 Å². The van der Waals surface area contributed by atoms with E-state index < -0.39 is 0 Å². The van der Waals surface area contributed by atoms with Crippen LogP contribution < -0.4 is 0 Å². The normalized spacial score (nSPS) is 18.2. The van der Waals surface area contributed by atoms with Crippen molar-refractivity contribution in [3.05, 3.63) is 17.5 Å². The molecule has 0 aromatic carbocycles. The van der Waals surface area contributed by atoms with Gasteiger partial charge >= 0.3 is 0 Å². The van der Waals surface area contributed by atoms with Crippen LogP contribution >= 0.6 is 0 Å². The molecule has 0 saturated heterocycles. The van der Waals surface area contributed by atoms with E-state index in [4.69, 9.17) is 0 Å². The summed E-state index contributed by atoms with van der Waals surface area (Å²) in [4.78, 5) is 0. The molecule has 1 fully saturated rings. The molecule has 0 unspecified atom stereocenters. The molecule has 80 valence electrons. The summed E-state index contributed by atoms with van der Waals surface area (Å²) in [5.74, 6) is 0. The van der Waals surface area contributed by atoms with Crippen molar-refractivity contribution < 1.29 is 0 Å². The number of hydrogen-bond acceptors (Lipinski definition) is 2. The SMILES string of the molecule is CCc1cc(CC2(C#N)CCC2)n(C)n1. The van der Waals surface area contributed by atoms with Crippen LogP contribution in [0.3, 0.4) is 0 Å². The molecule has 0 aliphatic heterocycles. The summed E-state index contributed by atoms with van der Waals surface area (Å²) < 4.78 is 1.93. The Labute approximate surface area is 90.7 Å². The molecule has 1 aliphatic rings. The van der Waals surface area contributed by atoms with Crippen LogP contribution in [0.4, 0.5) is 0 Å². The zero-order valence-electron chi connectivity index (χ0n) is 9.45. The van der Waals surface area contributed by atoms with Crippen LogP contribution in [-0.4, -0.2) is 9.78 Å². The fourth-order valence-electron chi connectivity index (χ4n) is 2.19. The molecule has 1 aromatic rings. The van der Waals surface area contributed by atoms with Crippen molar-refractivity contribution in [1.29, 1.82) is 5.26 Å². The highest BCUT2D eigenvalue weighted by molar-refractivity contribution is 5.17. The molecule has 3 heteroatoms. The summed E-state index contributed by atoms with van der Waals surface area (Å²) in [6.07, 6.45) is 5.14. The van der Waals surface area contributed by atoms with Gasteiger partial charge in [0, 0.05) is 19.2 Å². The van der Waals surface area contributed by atoms with Crippen LogP contribution in [0.5, 0.6) is 0 Å². The second-order valence-electron chi connectivity index (χ2n) is 4.53. The van der Waals surface area contributed by atoms with Gasteiger partial charge in [-0.2, -0.15) is 10.4 Å². The maximum atomic E-state index is 9.17. The third kappa shape index (κ3) is 1.77. The van der Waals surface area contributed by atoms with E-state index in [2.05, 4.69) is 24.2 Å². The predicted octanol–water partition coefficient (Wildman–Crippen LogP) is 2.22. The fourth-order valence-corrected chi connectivity index (χ4v) is 2.19. The largest absolute Gasteiger partial charge is 0.272 e. The Morgan fingerprint density at radius 2 is 2.33 bits per heavy atom. The smallest absolute Gasteiger partial charge is 0.0693 e. The molecule has 15 heavy (non-hydrogen) atoms. The van der Waals surface area contributed by atoms with Crippen LogP contribution in [0.15, 0.2) is 6.07 Å². The van der Waals surface area contributed by atoms with Crippen LogP contribution in [0.1, 0.15) is 37.6 Å². The summed E-state index contributed by atoms with van der Waals surface area (Å²) in [6.45, 7) is 2.11. The Bertz CT molecular complexity index is 393. The van der Waals surface area contributed by atoms with Crippen LogP contribution in [0.25, 0.3) is 0 Å². The number of rotatable bonds is 3. The number of aromatic nitrogens is 2. The van der Waals surface area contributed by atoms with Crippen LogP contribution in [0, 0.1) is 16.7 Å². The molecular formula is C12H17N3. The number of nitriles is 1. The lowest BCUT2D eigenvalue weighted by Gasteiger charge is -2.34. The van der Waals surface area contributed by atoms with Crippen molar-refractivity contribution in [3.8, 4) is 6.07 Å². The lowest BCUT2D eigenvalue weighted by molar-refractivity contribution is 0.210. The molecule has 0 spiro atoms. The molecule has 0 radical (unpaired) electrons. The summed E-state index contributed by atoms with van der Waals surface area (Å²) in [5, 5.41) is 13.6. The van der Waals surface area contributed by atoms with Gasteiger partial charge < -0.3 is 0 Å². The molecule has 0 amide bonds. The average Bonchev–Trinajstić information content (AvgIpc) is 2.53. The molecule has 0 bridgehead atoms. The summed E-state index contributed by atoms with van der Waals surface area (Å²) >= 11 is 0. The summed E-state index contributed by atoms with van der Waals surface area (Å²) in [7, 11) is 1.97. The highest BCUT2D eigenvalue weighted by Gasteiger charge is 2.38. The minimum absolute atomic E-state index is 0.0845. The van der Waals surface area contributed by atoms with Gasteiger partial charge in [0.05, 0.1) is 17.2 Å². The minimum Gasteiger partial charge on any atom is -0.272 e. The minimum atomic E-state index is -0.0845. The standard InChI is InChI=1S/C12H17N3/c1-3-10-7-11(15(2)14-10)8-12(9-13)5-4-6-12/h7H,3-6,8H2,1-2H3. The third-order valence-electron chi connectivity index (χ3n) is 3.46. The van der Waals surface area contributed by atoms with E-state index >= 15 is 0 Å². The van der Waals surface area contributed by atoms with Gasteiger partial charge in [-0.3, -0.25) is 4.68 Å². The van der Waals surface area contributed by atoms with E-state index in [1.165, 1.54) is 12.1 Å². The molecule has 0 N–H and O–H groups in total. The molecule has 1 saturated carbocycles. The Kier molecular flexibility index (Phi) is 2.52. The van der Waals surface area contributed by atoms with Gasteiger partial charge in [-0.25, -0.2) is 0 Å². The first kappa shape index (κ1) is 10.2. The van der Waals surface area contributed by atoms with Crippen molar-refractivity contribution in [2.24, 2.45) is 12.5 Å². The van der Waals surface area contributed by atoms with Gasteiger partial charge in [0.2, 0.25) is 0 Å². The second kappa shape index (κ2) is 3.69. The zero-order valence-corrected chi connectivity index (χ0v) is 9.45. The molecule has 3 nitrogen and oxygen atoms in total. The lowest BCUT2D eigenvalue weighted by Crippen LogP contribution is -2.30. The van der Waals surface area contributed by atoms with Gasteiger partial charge in [0.25, 0.3) is 0 Å². The quantitative estimate of drug-likeness (QED) is 0.755. The fraction of sp³-hybridized carbons (Fsp3) is 0.667. The molecule has 1 aliphatic carbocycles. The highest BCUT2D eigenvalue weighted by atomic mass is 15.3. The first-order valence-electron chi connectivity index (χ1n) is 5.62. The first-order valence-corrected chi connectivity index (χ1v) is 5.62. The third-order valence-corrected chi connectivity index (χ3v) is 3.46. The van der Waals surface area contributed by atoms with Gasteiger partial charge in [-0.1, -0.05) is 13.3 Å². The second-order valence-corrected chi connectivity index (χ2v) is 4.53. The molecule has 0 atom stereocenters. The van der Waals surface area contributed by atoms with E-state index in [1.807, 2.05) is 11.7 Å². The van der Waals surface area contributed by atoms with E-state index in [9.17, 15) is 5.26 Å². The van der Waals surface area contributed by atoms with Crippen molar-refractivity contribution in [2.45, 2.75) is 39.0 Å².